The van der Waals surface area contributed by atoms with Gasteiger partial charge in [-0.05, 0) is 38.1 Å². The number of nitrogens with one attached hydrogen (secondary N) is 3. The highest BCUT2D eigenvalue weighted by Crippen LogP contribution is 2.32. The first kappa shape index (κ1) is 22.1. The van der Waals surface area contributed by atoms with Crippen LogP contribution in [-0.4, -0.2) is 40.0 Å². The Kier molecular flexibility index (Phi) is 6.45. The first-order valence-corrected chi connectivity index (χ1v) is 9.88. The number of halogens is 1. The molecular formula is C21H24ClN7O2. The molecule has 5 N–H and O–H groups in total. The van der Waals surface area contributed by atoms with Gasteiger partial charge in [0.1, 0.15) is 5.75 Å². The third kappa shape index (κ3) is 4.61. The molecule has 1 amide bonds. The lowest BCUT2D eigenvalue weighted by Crippen LogP contribution is -2.30. The fraction of sp³-hybridized carbons (Fsp3) is 0.238. The number of hydrogen-bond acceptors (Lipinski definition) is 7. The second kappa shape index (κ2) is 9.05. The zero-order valence-corrected chi connectivity index (χ0v) is 18.4. The summed E-state index contributed by atoms with van der Waals surface area (Å²) in [4.78, 5) is 16.9. The van der Waals surface area contributed by atoms with Crippen molar-refractivity contribution in [3.63, 3.8) is 0 Å². The summed E-state index contributed by atoms with van der Waals surface area (Å²) in [7, 11) is 3.25. The number of anilines is 3. The van der Waals surface area contributed by atoms with Crippen LogP contribution < -0.4 is 21.1 Å². The van der Waals surface area contributed by atoms with Gasteiger partial charge in [-0.2, -0.15) is 4.98 Å². The van der Waals surface area contributed by atoms with Gasteiger partial charge < -0.3 is 26.5 Å². The van der Waals surface area contributed by atoms with Crippen LogP contribution in [0.25, 0.3) is 11.4 Å². The molecule has 162 valence electrons. The quantitative estimate of drug-likeness (QED) is 0.327. The maximum atomic E-state index is 12.4. The summed E-state index contributed by atoms with van der Waals surface area (Å²) in [6.07, 6.45) is 1.11. The van der Waals surface area contributed by atoms with Crippen molar-refractivity contribution in [1.29, 1.82) is 5.41 Å². The van der Waals surface area contributed by atoms with Gasteiger partial charge in [0.25, 0.3) is 5.91 Å². The van der Waals surface area contributed by atoms with E-state index < -0.39 is 0 Å². The molecule has 0 saturated carbocycles. The van der Waals surface area contributed by atoms with Crippen LogP contribution in [0.2, 0.25) is 5.02 Å². The van der Waals surface area contributed by atoms with Crippen LogP contribution in [0.3, 0.4) is 0 Å². The Morgan fingerprint density at radius 1 is 1.32 bits per heavy atom. The van der Waals surface area contributed by atoms with E-state index in [2.05, 4.69) is 20.7 Å². The molecule has 3 rings (SSSR count). The van der Waals surface area contributed by atoms with Gasteiger partial charge in [0.15, 0.2) is 5.82 Å². The average Bonchev–Trinajstić information content (AvgIpc) is 3.09. The minimum atomic E-state index is -0.213. The first-order chi connectivity index (χ1) is 14.7. The summed E-state index contributed by atoms with van der Waals surface area (Å²) in [5, 5.41) is 18.2. The minimum Gasteiger partial charge on any atom is -0.496 e. The van der Waals surface area contributed by atoms with Gasteiger partial charge in [-0.3, -0.25) is 4.79 Å². The smallest absolute Gasteiger partial charge is 0.255 e. The van der Waals surface area contributed by atoms with E-state index in [1.54, 1.807) is 42.1 Å². The SMILES string of the molecule is COc1cc(-c2nc(Nc3ccc(N)c(C=N)c3Cl)n(C)n2)ccc1C(=O)NC(C)C. The molecule has 0 aliphatic heterocycles. The second-order valence-corrected chi connectivity index (χ2v) is 7.50. The molecule has 9 nitrogen and oxygen atoms in total. The van der Waals surface area contributed by atoms with Gasteiger partial charge in [-0.1, -0.05) is 17.7 Å². The number of nitrogen functional groups attached to an aromatic ring is 1. The monoisotopic (exact) mass is 441 g/mol. The summed E-state index contributed by atoms with van der Waals surface area (Å²) in [6, 6.07) is 8.55. The largest absolute Gasteiger partial charge is 0.496 e. The van der Waals surface area contributed by atoms with E-state index in [1.165, 1.54) is 7.11 Å². The summed E-state index contributed by atoms with van der Waals surface area (Å²) >= 11 is 6.36. The number of ether oxygens (including phenoxy) is 1. The Morgan fingerprint density at radius 2 is 2.06 bits per heavy atom. The third-order valence-electron chi connectivity index (χ3n) is 4.49. The number of rotatable bonds is 7. The molecule has 0 atom stereocenters. The van der Waals surface area contributed by atoms with Gasteiger partial charge in [-0.25, -0.2) is 4.68 Å². The highest BCUT2D eigenvalue weighted by atomic mass is 35.5. The van der Waals surface area contributed by atoms with Crippen molar-refractivity contribution < 1.29 is 9.53 Å². The third-order valence-corrected chi connectivity index (χ3v) is 4.90. The molecule has 0 saturated heterocycles. The lowest BCUT2D eigenvalue weighted by atomic mass is 10.1. The van der Waals surface area contributed by atoms with Gasteiger partial charge in [0.05, 0.1) is 23.4 Å². The van der Waals surface area contributed by atoms with E-state index in [1.807, 2.05) is 13.8 Å². The maximum Gasteiger partial charge on any atom is 0.255 e. The predicted molar refractivity (Wildman–Crippen MR) is 123 cm³/mol. The van der Waals surface area contributed by atoms with Crippen LogP contribution >= 0.6 is 11.6 Å². The normalized spacial score (nSPS) is 10.8. The number of nitrogens with two attached hydrogens (primary N) is 1. The molecule has 3 aromatic rings. The predicted octanol–water partition coefficient (Wildman–Crippen LogP) is 3.61. The molecule has 31 heavy (non-hydrogen) atoms. The number of carbonyl (C=O) groups is 1. The van der Waals surface area contributed by atoms with Crippen molar-refractivity contribution in [2.45, 2.75) is 19.9 Å². The van der Waals surface area contributed by atoms with Crippen molar-refractivity contribution in [2.75, 3.05) is 18.2 Å². The van der Waals surface area contributed by atoms with Gasteiger partial charge in [0, 0.05) is 36.1 Å². The zero-order valence-electron chi connectivity index (χ0n) is 17.7. The van der Waals surface area contributed by atoms with Gasteiger partial charge in [0.2, 0.25) is 5.95 Å². The number of methoxy groups -OCH3 is 1. The zero-order chi connectivity index (χ0) is 22.7. The summed E-state index contributed by atoms with van der Waals surface area (Å²) in [6.45, 7) is 3.78. The Morgan fingerprint density at radius 3 is 2.71 bits per heavy atom. The molecule has 1 aromatic heterocycles. The van der Waals surface area contributed by atoms with Crippen LogP contribution in [0.4, 0.5) is 17.3 Å². The number of nitrogens with zero attached hydrogens (tertiary/aromatic N) is 3. The lowest BCUT2D eigenvalue weighted by Gasteiger charge is -2.12. The molecule has 0 aliphatic carbocycles. The average molecular weight is 442 g/mol. The molecule has 0 bridgehead atoms. The minimum absolute atomic E-state index is 0.0105. The summed E-state index contributed by atoms with van der Waals surface area (Å²) < 4.78 is 6.97. The molecule has 0 radical (unpaired) electrons. The van der Waals surface area contributed by atoms with E-state index >= 15 is 0 Å². The maximum absolute atomic E-state index is 12.4. The van der Waals surface area contributed by atoms with E-state index in [0.29, 0.717) is 50.6 Å². The molecule has 10 heteroatoms. The van der Waals surface area contributed by atoms with Crippen LogP contribution in [0.5, 0.6) is 5.75 Å². The number of carbonyl (C=O) groups excluding carboxylic acids is 1. The van der Waals surface area contributed by atoms with Gasteiger partial charge >= 0.3 is 0 Å². The van der Waals surface area contributed by atoms with Crippen LogP contribution in [0.15, 0.2) is 30.3 Å². The molecular weight excluding hydrogens is 418 g/mol. The second-order valence-electron chi connectivity index (χ2n) is 7.13. The van der Waals surface area contributed by atoms with E-state index in [9.17, 15) is 4.79 Å². The topological polar surface area (TPSA) is 131 Å². The van der Waals surface area contributed by atoms with Crippen molar-refractivity contribution in [3.8, 4) is 17.1 Å². The Bertz CT molecular complexity index is 1140. The Labute approximate surface area is 185 Å². The van der Waals surface area contributed by atoms with Crippen LogP contribution in [0, 0.1) is 5.41 Å². The standard InChI is InChI=1S/C21H24ClN7O2/c1-11(2)25-20(30)13-6-5-12(9-17(13)31-4)19-27-21(29(3)28-19)26-16-8-7-15(24)14(10-23)18(16)22/h5-11,23H,24H2,1-4H3,(H,25,30)(H,26,27,28). The fourth-order valence-corrected chi connectivity index (χ4v) is 3.22. The number of aryl methyl sites for hydroxylation is 1. The molecule has 0 spiro atoms. The van der Waals surface area contributed by atoms with E-state index in [-0.39, 0.29) is 11.9 Å². The molecule has 0 aliphatic rings. The van der Waals surface area contributed by atoms with Gasteiger partial charge in [-0.15, -0.1) is 5.10 Å². The van der Waals surface area contributed by atoms with Crippen LogP contribution in [-0.2, 0) is 7.05 Å². The Hall–Kier alpha value is -3.59. The molecule has 2 aromatic carbocycles. The number of amides is 1. The highest BCUT2D eigenvalue weighted by molar-refractivity contribution is 6.36. The number of benzene rings is 2. The van der Waals surface area contributed by atoms with E-state index in [0.717, 1.165) is 6.21 Å². The highest BCUT2D eigenvalue weighted by Gasteiger charge is 2.17. The fourth-order valence-electron chi connectivity index (χ4n) is 2.94. The first-order valence-electron chi connectivity index (χ1n) is 9.51. The molecule has 0 unspecified atom stereocenters. The Balaban J connectivity index is 1.92. The lowest BCUT2D eigenvalue weighted by molar-refractivity contribution is 0.0940. The van der Waals surface area contributed by atoms with Crippen molar-refractivity contribution in [3.05, 3.63) is 46.5 Å². The van der Waals surface area contributed by atoms with Crippen molar-refractivity contribution >= 4 is 41.0 Å². The molecule has 1 heterocycles. The number of aromatic nitrogens is 3. The van der Waals surface area contributed by atoms with E-state index in [4.69, 9.17) is 27.5 Å². The number of hydrogen-bond donors (Lipinski definition) is 4. The summed E-state index contributed by atoms with van der Waals surface area (Å²) in [5.74, 6) is 1.10. The van der Waals surface area contributed by atoms with Crippen LogP contribution in [0.1, 0.15) is 29.8 Å². The van der Waals surface area contributed by atoms with Crippen molar-refractivity contribution in [1.82, 2.24) is 20.1 Å². The van der Waals surface area contributed by atoms with Crippen molar-refractivity contribution in [2.24, 2.45) is 7.05 Å². The summed E-state index contributed by atoms with van der Waals surface area (Å²) in [5.41, 5.74) is 8.36. The molecule has 0 fully saturated rings.